The Kier molecular flexibility index (Phi) is 5.72. The van der Waals surface area contributed by atoms with Gasteiger partial charge in [0, 0.05) is 16.5 Å². The zero-order chi connectivity index (χ0) is 22.7. The molecular weight excluding hydrogens is 408 g/mol. The van der Waals surface area contributed by atoms with Gasteiger partial charge in [-0.15, -0.1) is 0 Å². The molecule has 0 atom stereocenters. The molecule has 1 aromatic heterocycles. The number of aromatic nitrogens is 1. The molecule has 0 saturated heterocycles. The fourth-order valence-corrected chi connectivity index (χ4v) is 3.36. The van der Waals surface area contributed by atoms with E-state index in [4.69, 9.17) is 24.9 Å². The first-order valence-electron chi connectivity index (χ1n) is 9.74. The second-order valence-corrected chi connectivity index (χ2v) is 6.92. The lowest BCUT2D eigenvalue weighted by Gasteiger charge is -2.12. The van der Waals surface area contributed by atoms with E-state index >= 15 is 0 Å². The molecular formula is C25H20N2O5. The second-order valence-electron chi connectivity index (χ2n) is 6.92. The molecule has 0 aliphatic rings. The van der Waals surface area contributed by atoms with E-state index in [1.54, 1.807) is 56.7 Å². The summed E-state index contributed by atoms with van der Waals surface area (Å²) < 4.78 is 16.2. The zero-order valence-corrected chi connectivity index (χ0v) is 17.5. The van der Waals surface area contributed by atoms with E-state index in [1.807, 2.05) is 24.3 Å². The van der Waals surface area contributed by atoms with Crippen LogP contribution in [-0.4, -0.2) is 31.1 Å². The first kappa shape index (κ1) is 20.9. The van der Waals surface area contributed by atoms with Crippen molar-refractivity contribution in [2.75, 3.05) is 14.2 Å². The van der Waals surface area contributed by atoms with Gasteiger partial charge >= 0.3 is 5.97 Å². The Hall–Kier alpha value is -4.39. The van der Waals surface area contributed by atoms with Crippen molar-refractivity contribution in [1.82, 2.24) is 4.98 Å². The molecule has 160 valence electrons. The number of esters is 1. The van der Waals surface area contributed by atoms with Gasteiger partial charge in [0.15, 0.2) is 11.5 Å². The minimum absolute atomic E-state index is 0.222. The number of pyridine rings is 1. The Labute approximate surface area is 184 Å². The van der Waals surface area contributed by atoms with Crippen LogP contribution in [0.5, 0.6) is 17.2 Å². The number of fused-ring (bicyclic) bond motifs is 1. The molecule has 0 saturated carbocycles. The number of hydrogen-bond donors (Lipinski definition) is 1. The van der Waals surface area contributed by atoms with Crippen molar-refractivity contribution < 1.29 is 23.8 Å². The van der Waals surface area contributed by atoms with E-state index in [1.165, 1.54) is 6.07 Å². The standard InChI is InChI=1S/C25H20N2O5/c1-30-22-11-10-15(13-23(22)31-2)21-14-19(18-8-3-4-9-20(18)27-21)25(29)32-17-7-5-6-16(12-17)24(26)28/h3-14H,1-2H3,(H2,26,28). The summed E-state index contributed by atoms with van der Waals surface area (Å²) in [6.45, 7) is 0. The Balaban J connectivity index is 1.78. The van der Waals surface area contributed by atoms with Crippen LogP contribution in [0.2, 0.25) is 0 Å². The molecule has 0 fully saturated rings. The first-order valence-corrected chi connectivity index (χ1v) is 9.74. The van der Waals surface area contributed by atoms with Gasteiger partial charge in [0.1, 0.15) is 5.75 Å². The van der Waals surface area contributed by atoms with Crippen molar-refractivity contribution in [3.05, 3.63) is 83.9 Å². The number of methoxy groups -OCH3 is 2. The number of benzene rings is 3. The molecule has 1 heterocycles. The lowest BCUT2D eigenvalue weighted by molar-refractivity contribution is 0.0735. The minimum Gasteiger partial charge on any atom is -0.493 e. The number of carbonyl (C=O) groups excluding carboxylic acids is 2. The lowest BCUT2D eigenvalue weighted by Crippen LogP contribution is -2.13. The van der Waals surface area contributed by atoms with Crippen molar-refractivity contribution in [3.8, 4) is 28.5 Å². The van der Waals surface area contributed by atoms with Crippen LogP contribution in [0.25, 0.3) is 22.2 Å². The van der Waals surface area contributed by atoms with Crippen molar-refractivity contribution in [2.24, 2.45) is 5.73 Å². The fraction of sp³-hybridized carbons (Fsp3) is 0.0800. The number of nitrogens with two attached hydrogens (primary N) is 1. The van der Waals surface area contributed by atoms with Gasteiger partial charge in [-0.05, 0) is 48.5 Å². The van der Waals surface area contributed by atoms with Crippen molar-refractivity contribution in [2.45, 2.75) is 0 Å². The molecule has 1 amide bonds. The van der Waals surface area contributed by atoms with Gasteiger partial charge in [-0.25, -0.2) is 9.78 Å². The molecule has 0 radical (unpaired) electrons. The monoisotopic (exact) mass is 428 g/mol. The molecule has 32 heavy (non-hydrogen) atoms. The van der Waals surface area contributed by atoms with Gasteiger partial charge in [0.2, 0.25) is 5.91 Å². The summed E-state index contributed by atoms with van der Waals surface area (Å²) in [6.07, 6.45) is 0. The average Bonchev–Trinajstić information content (AvgIpc) is 2.82. The highest BCUT2D eigenvalue weighted by Crippen LogP contribution is 2.33. The predicted octanol–water partition coefficient (Wildman–Crippen LogP) is 4.24. The molecule has 4 rings (SSSR count). The first-order chi connectivity index (χ1) is 15.5. The van der Waals surface area contributed by atoms with Crippen molar-refractivity contribution >= 4 is 22.8 Å². The van der Waals surface area contributed by atoms with Gasteiger partial charge in [-0.3, -0.25) is 4.79 Å². The van der Waals surface area contributed by atoms with Crippen molar-refractivity contribution in [3.63, 3.8) is 0 Å². The molecule has 2 N–H and O–H groups in total. The largest absolute Gasteiger partial charge is 0.493 e. The van der Waals surface area contributed by atoms with Gasteiger partial charge in [0.25, 0.3) is 0 Å². The van der Waals surface area contributed by atoms with Crippen molar-refractivity contribution in [1.29, 1.82) is 0 Å². The Morgan fingerprint density at radius 1 is 0.844 bits per heavy atom. The van der Waals surface area contributed by atoms with Gasteiger partial charge < -0.3 is 19.9 Å². The van der Waals surface area contributed by atoms with Crippen LogP contribution in [0.3, 0.4) is 0 Å². The molecule has 0 unspecified atom stereocenters. The molecule has 0 aliphatic carbocycles. The quantitative estimate of drug-likeness (QED) is 0.364. The summed E-state index contributed by atoms with van der Waals surface area (Å²) >= 11 is 0. The van der Waals surface area contributed by atoms with E-state index < -0.39 is 11.9 Å². The average molecular weight is 428 g/mol. The van der Waals surface area contributed by atoms with E-state index in [-0.39, 0.29) is 11.3 Å². The van der Waals surface area contributed by atoms with Gasteiger partial charge in [0.05, 0.1) is 31.0 Å². The number of nitrogens with zero attached hydrogens (tertiary/aromatic N) is 1. The smallest absolute Gasteiger partial charge is 0.344 e. The Morgan fingerprint density at radius 2 is 1.62 bits per heavy atom. The van der Waals surface area contributed by atoms with E-state index in [0.29, 0.717) is 33.7 Å². The Morgan fingerprint density at radius 3 is 2.38 bits per heavy atom. The zero-order valence-electron chi connectivity index (χ0n) is 17.5. The fourth-order valence-electron chi connectivity index (χ4n) is 3.36. The summed E-state index contributed by atoms with van der Waals surface area (Å²) in [6, 6.07) is 20.5. The third-order valence-corrected chi connectivity index (χ3v) is 4.94. The highest BCUT2D eigenvalue weighted by Gasteiger charge is 2.17. The van der Waals surface area contributed by atoms with E-state index in [9.17, 15) is 9.59 Å². The SMILES string of the molecule is COc1ccc(-c2cc(C(=O)Oc3cccc(C(N)=O)c3)c3ccccc3n2)cc1OC. The van der Waals surface area contributed by atoms with Gasteiger partial charge in [-0.2, -0.15) is 0 Å². The van der Waals surface area contributed by atoms with Crippen LogP contribution in [0.15, 0.2) is 72.8 Å². The molecule has 3 aromatic carbocycles. The summed E-state index contributed by atoms with van der Waals surface area (Å²) in [7, 11) is 3.12. The minimum atomic E-state index is -0.604. The molecule has 7 nitrogen and oxygen atoms in total. The lowest BCUT2D eigenvalue weighted by atomic mass is 10.0. The summed E-state index contributed by atoms with van der Waals surface area (Å²) in [4.78, 5) is 29.2. The highest BCUT2D eigenvalue weighted by atomic mass is 16.5. The Bertz CT molecular complexity index is 1330. The van der Waals surface area contributed by atoms with Crippen LogP contribution in [0.1, 0.15) is 20.7 Å². The molecule has 7 heteroatoms. The highest BCUT2D eigenvalue weighted by molar-refractivity contribution is 6.05. The van der Waals surface area contributed by atoms with Gasteiger partial charge in [-0.1, -0.05) is 24.3 Å². The number of primary amides is 1. The molecule has 0 aliphatic heterocycles. The van der Waals surface area contributed by atoms with E-state index in [2.05, 4.69) is 0 Å². The summed E-state index contributed by atoms with van der Waals surface area (Å²) in [5.74, 6) is 0.179. The van der Waals surface area contributed by atoms with Crippen LogP contribution >= 0.6 is 0 Å². The van der Waals surface area contributed by atoms with E-state index in [0.717, 1.165) is 5.56 Å². The summed E-state index contributed by atoms with van der Waals surface area (Å²) in [5.41, 5.74) is 7.87. The third kappa shape index (κ3) is 4.09. The maximum Gasteiger partial charge on any atom is 0.344 e. The van der Waals surface area contributed by atoms with Crippen LogP contribution in [0, 0.1) is 0 Å². The topological polar surface area (TPSA) is 101 Å². The molecule has 0 spiro atoms. The maximum atomic E-state index is 13.1. The third-order valence-electron chi connectivity index (χ3n) is 4.94. The number of amides is 1. The summed E-state index contributed by atoms with van der Waals surface area (Å²) in [5, 5.41) is 0.646. The molecule has 0 bridgehead atoms. The van der Waals surface area contributed by atoms with Crippen LogP contribution in [0.4, 0.5) is 0 Å². The predicted molar refractivity (Wildman–Crippen MR) is 120 cm³/mol. The van der Waals surface area contributed by atoms with Crippen LogP contribution in [-0.2, 0) is 0 Å². The normalized spacial score (nSPS) is 10.6. The number of ether oxygens (including phenoxy) is 3. The number of hydrogen-bond acceptors (Lipinski definition) is 6. The number of rotatable bonds is 6. The second kappa shape index (κ2) is 8.77. The van der Waals surface area contributed by atoms with Crippen LogP contribution < -0.4 is 19.9 Å². The maximum absolute atomic E-state index is 13.1. The molecule has 4 aromatic rings. The number of carbonyl (C=O) groups is 2. The number of para-hydroxylation sites is 1.